The molecule has 1 aliphatic rings. The number of nitrogens with zero attached hydrogens (tertiary/aromatic N) is 1. The van der Waals surface area contributed by atoms with Crippen molar-refractivity contribution in [3.8, 4) is 5.75 Å². The first kappa shape index (κ1) is 17.6. The van der Waals surface area contributed by atoms with Crippen LogP contribution < -0.4 is 5.63 Å². The number of hydrogen-bond acceptors (Lipinski definition) is 5. The zero-order valence-corrected chi connectivity index (χ0v) is 15.4. The lowest BCUT2D eigenvalue weighted by Gasteiger charge is -2.31. The zero-order valence-electron chi connectivity index (χ0n) is 14.6. The summed E-state index contributed by atoms with van der Waals surface area (Å²) in [6, 6.07) is 1.44. The van der Waals surface area contributed by atoms with Gasteiger partial charge >= 0.3 is 11.7 Å². The predicted molar refractivity (Wildman–Crippen MR) is 94.2 cm³/mol. The molecule has 0 saturated heterocycles. The van der Waals surface area contributed by atoms with E-state index in [1.165, 1.54) is 11.0 Å². The van der Waals surface area contributed by atoms with Crippen LogP contribution in [-0.4, -0.2) is 28.2 Å². The molecule has 1 aromatic carbocycles. The van der Waals surface area contributed by atoms with Gasteiger partial charge in [0.1, 0.15) is 16.9 Å². The van der Waals surface area contributed by atoms with E-state index in [2.05, 4.69) is 0 Å². The molecule has 2 aromatic rings. The highest BCUT2D eigenvalue weighted by Crippen LogP contribution is 2.36. The number of fused-ring (bicyclic) bond motifs is 3. The predicted octanol–water partition coefficient (Wildman–Crippen LogP) is 3.75. The third-order valence-electron chi connectivity index (χ3n) is 4.19. The van der Waals surface area contributed by atoms with Crippen molar-refractivity contribution in [2.45, 2.75) is 46.3 Å². The van der Waals surface area contributed by atoms with Gasteiger partial charge in [-0.15, -0.1) is 0 Å². The Balaban J connectivity index is 2.07. The molecule has 1 amide bonds. The van der Waals surface area contributed by atoms with Gasteiger partial charge in [-0.3, -0.25) is 0 Å². The molecule has 1 aromatic heterocycles. The minimum absolute atomic E-state index is 0.0215. The second kappa shape index (κ2) is 5.95. The lowest BCUT2D eigenvalue weighted by Crippen LogP contribution is -2.41. The van der Waals surface area contributed by atoms with Gasteiger partial charge in [0.2, 0.25) is 0 Å². The topological polar surface area (TPSA) is 80.0 Å². The van der Waals surface area contributed by atoms with E-state index in [0.717, 1.165) is 5.56 Å². The lowest BCUT2D eigenvalue weighted by molar-refractivity contribution is 0.0222. The quantitative estimate of drug-likeness (QED) is 0.719. The van der Waals surface area contributed by atoms with Gasteiger partial charge in [-0.2, -0.15) is 0 Å². The first-order valence-electron chi connectivity index (χ1n) is 8.03. The SMILES string of the molecule is Cc1c(O)cc(Cl)c2c3c(c(=O)oc12)CN(C(=O)OC(C)(C)C)CC3. The molecule has 0 bridgehead atoms. The molecule has 1 aliphatic heterocycles. The average Bonchev–Trinajstić information content (AvgIpc) is 2.50. The summed E-state index contributed by atoms with van der Waals surface area (Å²) in [5.74, 6) is -0.0215. The number of aromatic hydroxyl groups is 1. The minimum atomic E-state index is -0.608. The number of halogens is 1. The lowest BCUT2D eigenvalue weighted by atomic mass is 9.96. The Hall–Kier alpha value is -2.21. The van der Waals surface area contributed by atoms with Gasteiger partial charge in [-0.25, -0.2) is 9.59 Å². The van der Waals surface area contributed by atoms with Crippen molar-refractivity contribution in [1.29, 1.82) is 0 Å². The minimum Gasteiger partial charge on any atom is -0.507 e. The molecule has 0 radical (unpaired) electrons. The number of amides is 1. The number of ether oxygens (including phenoxy) is 1. The van der Waals surface area contributed by atoms with E-state index in [4.69, 9.17) is 20.8 Å². The highest BCUT2D eigenvalue weighted by atomic mass is 35.5. The number of benzene rings is 1. The van der Waals surface area contributed by atoms with Crippen LogP contribution in [0, 0.1) is 6.92 Å². The van der Waals surface area contributed by atoms with Gasteiger partial charge in [-0.1, -0.05) is 11.6 Å². The van der Waals surface area contributed by atoms with Gasteiger partial charge in [0.05, 0.1) is 17.1 Å². The summed E-state index contributed by atoms with van der Waals surface area (Å²) in [7, 11) is 0. The van der Waals surface area contributed by atoms with Crippen LogP contribution in [0.5, 0.6) is 5.75 Å². The third-order valence-corrected chi connectivity index (χ3v) is 4.49. The summed E-state index contributed by atoms with van der Waals surface area (Å²) in [5, 5.41) is 10.8. The zero-order chi connectivity index (χ0) is 18.5. The normalized spacial score (nSPS) is 14.5. The van der Waals surface area contributed by atoms with Gasteiger partial charge in [-0.05, 0) is 45.7 Å². The van der Waals surface area contributed by atoms with Crippen LogP contribution in [0.3, 0.4) is 0 Å². The summed E-state index contributed by atoms with van der Waals surface area (Å²) < 4.78 is 10.8. The molecule has 0 spiro atoms. The summed E-state index contributed by atoms with van der Waals surface area (Å²) >= 11 is 6.28. The summed E-state index contributed by atoms with van der Waals surface area (Å²) in [6.45, 7) is 7.56. The highest BCUT2D eigenvalue weighted by molar-refractivity contribution is 6.36. The monoisotopic (exact) mass is 365 g/mol. The number of phenolic OH excluding ortho intramolecular Hbond substituents is 1. The van der Waals surface area contributed by atoms with E-state index >= 15 is 0 Å². The third kappa shape index (κ3) is 3.18. The second-order valence-corrected chi connectivity index (χ2v) is 7.61. The van der Waals surface area contributed by atoms with E-state index < -0.39 is 17.3 Å². The molecule has 0 unspecified atom stereocenters. The van der Waals surface area contributed by atoms with Crippen molar-refractivity contribution in [2.75, 3.05) is 6.54 Å². The standard InChI is InChI=1S/C18H20ClNO5/c1-9-13(21)7-12(19)14-10-5-6-20(17(23)25-18(2,3)4)8-11(10)16(22)24-15(9)14/h7,21H,5-6,8H2,1-4H3. The average molecular weight is 366 g/mol. The van der Waals surface area contributed by atoms with Crippen LogP contribution in [0.1, 0.15) is 37.5 Å². The number of hydrogen-bond donors (Lipinski definition) is 1. The van der Waals surface area contributed by atoms with Crippen molar-refractivity contribution in [1.82, 2.24) is 4.90 Å². The maximum absolute atomic E-state index is 12.4. The van der Waals surface area contributed by atoms with E-state index in [1.54, 1.807) is 27.7 Å². The Kier molecular flexibility index (Phi) is 4.19. The van der Waals surface area contributed by atoms with Crippen LogP contribution in [0.4, 0.5) is 4.79 Å². The second-order valence-electron chi connectivity index (χ2n) is 7.21. The first-order valence-corrected chi connectivity index (χ1v) is 8.41. The molecule has 7 heteroatoms. The Labute approximate surface area is 149 Å². The Morgan fingerprint density at radius 3 is 2.68 bits per heavy atom. The molecule has 25 heavy (non-hydrogen) atoms. The molecule has 1 N–H and O–H groups in total. The fourth-order valence-electron chi connectivity index (χ4n) is 2.98. The summed E-state index contributed by atoms with van der Waals surface area (Å²) in [5.41, 5.74) is 0.785. The molecule has 0 atom stereocenters. The van der Waals surface area contributed by atoms with Gasteiger partial charge in [0.15, 0.2) is 0 Å². The Morgan fingerprint density at radius 2 is 2.04 bits per heavy atom. The maximum Gasteiger partial charge on any atom is 0.410 e. The van der Waals surface area contributed by atoms with E-state index in [9.17, 15) is 14.7 Å². The van der Waals surface area contributed by atoms with Crippen LogP contribution in [0.2, 0.25) is 5.02 Å². The van der Waals surface area contributed by atoms with Crippen LogP contribution in [0.15, 0.2) is 15.3 Å². The molecular weight excluding hydrogens is 346 g/mol. The van der Waals surface area contributed by atoms with Gasteiger partial charge in [0, 0.05) is 17.5 Å². The molecule has 0 aliphatic carbocycles. The van der Waals surface area contributed by atoms with Crippen molar-refractivity contribution < 1.29 is 19.1 Å². The highest BCUT2D eigenvalue weighted by Gasteiger charge is 2.30. The van der Waals surface area contributed by atoms with Gasteiger partial charge < -0.3 is 19.2 Å². The number of phenols is 1. The fraction of sp³-hybridized carbons (Fsp3) is 0.444. The Morgan fingerprint density at radius 1 is 1.36 bits per heavy atom. The van der Waals surface area contributed by atoms with Crippen molar-refractivity contribution in [3.05, 3.63) is 38.2 Å². The maximum atomic E-state index is 12.4. The molecule has 0 saturated carbocycles. The smallest absolute Gasteiger partial charge is 0.410 e. The molecule has 0 fully saturated rings. The van der Waals surface area contributed by atoms with E-state index in [-0.39, 0.29) is 12.3 Å². The fourth-order valence-corrected chi connectivity index (χ4v) is 3.29. The molecule has 2 heterocycles. The Bertz CT molecular complexity index is 926. The van der Waals surface area contributed by atoms with Crippen molar-refractivity contribution in [2.24, 2.45) is 0 Å². The van der Waals surface area contributed by atoms with Crippen molar-refractivity contribution >= 4 is 28.7 Å². The number of carbonyl (C=O) groups excluding carboxylic acids is 1. The number of aryl methyl sites for hydroxylation is 1. The van der Waals surface area contributed by atoms with Crippen LogP contribution >= 0.6 is 11.6 Å². The molecule has 3 rings (SSSR count). The van der Waals surface area contributed by atoms with E-state index in [0.29, 0.717) is 40.1 Å². The van der Waals surface area contributed by atoms with Gasteiger partial charge in [0.25, 0.3) is 0 Å². The molecule has 134 valence electrons. The first-order chi connectivity index (χ1) is 11.6. The largest absolute Gasteiger partial charge is 0.507 e. The van der Waals surface area contributed by atoms with E-state index in [1.807, 2.05) is 0 Å². The van der Waals surface area contributed by atoms with Crippen LogP contribution in [-0.2, 0) is 17.7 Å². The van der Waals surface area contributed by atoms with Crippen LogP contribution in [0.25, 0.3) is 11.0 Å². The molecular formula is C18H20ClNO5. The summed E-state index contributed by atoms with van der Waals surface area (Å²) in [4.78, 5) is 26.2. The number of carbonyl (C=O) groups is 1. The summed E-state index contributed by atoms with van der Waals surface area (Å²) in [6.07, 6.45) is -0.00807. The molecule has 6 nitrogen and oxygen atoms in total. The van der Waals surface area contributed by atoms with Crippen molar-refractivity contribution in [3.63, 3.8) is 0 Å². The number of rotatable bonds is 0.